The maximum Gasteiger partial charge on any atom is 0.252 e. The Kier molecular flexibility index (Phi) is 7.28. The number of nitrogens with one attached hydrogen (secondary N) is 1. The van der Waals surface area contributed by atoms with Crippen molar-refractivity contribution >= 4 is 10.9 Å². The van der Waals surface area contributed by atoms with Crippen molar-refractivity contribution < 1.29 is 0 Å². The lowest BCUT2D eigenvalue weighted by atomic mass is 9.95. The number of aromatic nitrogens is 5. The minimum Gasteiger partial charge on any atom is -0.322 e. The Morgan fingerprint density at radius 2 is 1.75 bits per heavy atom. The van der Waals surface area contributed by atoms with Crippen molar-refractivity contribution in [1.82, 2.24) is 30.1 Å². The van der Waals surface area contributed by atoms with E-state index in [1.807, 2.05) is 18.2 Å². The van der Waals surface area contributed by atoms with E-state index in [0.29, 0.717) is 19.1 Å². The molecular formula is C29H36N6O. The van der Waals surface area contributed by atoms with Crippen molar-refractivity contribution in [2.75, 3.05) is 0 Å². The molecule has 1 N–H and O–H groups in total. The molecule has 36 heavy (non-hydrogen) atoms. The lowest BCUT2D eigenvalue weighted by Gasteiger charge is -2.32. The molecule has 0 radical (unpaired) electrons. The predicted molar refractivity (Wildman–Crippen MR) is 143 cm³/mol. The molecule has 0 amide bonds. The van der Waals surface area contributed by atoms with Gasteiger partial charge in [-0.2, -0.15) is 0 Å². The van der Waals surface area contributed by atoms with E-state index in [2.05, 4.69) is 81.2 Å². The summed E-state index contributed by atoms with van der Waals surface area (Å²) in [6.45, 7) is 7.59. The van der Waals surface area contributed by atoms with Crippen molar-refractivity contribution in [2.45, 2.75) is 84.5 Å². The molecule has 0 bridgehead atoms. The summed E-state index contributed by atoms with van der Waals surface area (Å²) in [5, 5.41) is 14.2. The molecule has 4 aromatic rings. The van der Waals surface area contributed by atoms with Crippen molar-refractivity contribution in [3.8, 4) is 0 Å². The number of fused-ring (bicyclic) bond motifs is 1. The molecule has 2 aromatic heterocycles. The molecule has 0 unspecified atom stereocenters. The number of pyridine rings is 1. The highest BCUT2D eigenvalue weighted by atomic mass is 16.1. The molecular weight excluding hydrogens is 448 g/mol. The van der Waals surface area contributed by atoms with Crippen LogP contribution in [0.3, 0.4) is 0 Å². The number of benzene rings is 2. The van der Waals surface area contributed by atoms with Crippen LogP contribution in [0.4, 0.5) is 0 Å². The Morgan fingerprint density at radius 1 is 1.00 bits per heavy atom. The van der Waals surface area contributed by atoms with E-state index in [1.54, 1.807) is 0 Å². The quantitative estimate of drug-likeness (QED) is 0.342. The van der Waals surface area contributed by atoms with Crippen LogP contribution in [0.15, 0.2) is 53.3 Å². The van der Waals surface area contributed by atoms with Gasteiger partial charge in [-0.25, -0.2) is 4.68 Å². The molecule has 1 atom stereocenters. The second-order valence-corrected chi connectivity index (χ2v) is 10.3. The number of nitrogens with zero attached hydrogens (tertiary/aromatic N) is 5. The first-order valence-electron chi connectivity index (χ1n) is 13.2. The lowest BCUT2D eigenvalue weighted by Crippen LogP contribution is -2.33. The summed E-state index contributed by atoms with van der Waals surface area (Å²) in [6.07, 6.45) is 6.82. The fourth-order valence-electron chi connectivity index (χ4n) is 5.52. The van der Waals surface area contributed by atoms with E-state index in [9.17, 15) is 4.79 Å². The largest absolute Gasteiger partial charge is 0.322 e. The van der Waals surface area contributed by atoms with E-state index in [1.165, 1.54) is 36.0 Å². The van der Waals surface area contributed by atoms with Crippen molar-refractivity contribution in [3.05, 3.63) is 87.0 Å². The average molecular weight is 485 g/mol. The molecule has 1 aliphatic rings. The van der Waals surface area contributed by atoms with Gasteiger partial charge < -0.3 is 4.98 Å². The zero-order valence-corrected chi connectivity index (χ0v) is 21.6. The molecule has 7 nitrogen and oxygen atoms in total. The van der Waals surface area contributed by atoms with Crippen molar-refractivity contribution in [3.63, 3.8) is 0 Å². The van der Waals surface area contributed by atoms with Crippen molar-refractivity contribution in [2.24, 2.45) is 0 Å². The van der Waals surface area contributed by atoms with Gasteiger partial charge in [0.1, 0.15) is 0 Å². The second kappa shape index (κ2) is 10.7. The Morgan fingerprint density at radius 3 is 2.50 bits per heavy atom. The monoisotopic (exact) mass is 484 g/mol. The van der Waals surface area contributed by atoms with Gasteiger partial charge in [0.2, 0.25) is 0 Å². The summed E-state index contributed by atoms with van der Waals surface area (Å²) in [4.78, 5) is 18.6. The van der Waals surface area contributed by atoms with Crippen molar-refractivity contribution in [1.29, 1.82) is 0 Å². The van der Waals surface area contributed by atoms with Crippen LogP contribution in [0.5, 0.6) is 0 Å². The molecule has 0 aliphatic heterocycles. The minimum atomic E-state index is -0.0398. The van der Waals surface area contributed by atoms with Crippen LogP contribution >= 0.6 is 0 Å². The summed E-state index contributed by atoms with van der Waals surface area (Å²) in [6, 6.07) is 17.2. The number of H-pyrrole nitrogens is 1. The molecule has 2 aromatic carbocycles. The fraction of sp³-hybridized carbons (Fsp3) is 0.448. The third kappa shape index (κ3) is 5.26. The molecule has 0 spiro atoms. The van der Waals surface area contributed by atoms with Gasteiger partial charge in [-0.15, -0.1) is 5.10 Å². The van der Waals surface area contributed by atoms with Gasteiger partial charge in [0.25, 0.3) is 5.56 Å². The maximum absolute atomic E-state index is 13.1. The number of aryl methyl sites for hydroxylation is 2. The topological polar surface area (TPSA) is 79.7 Å². The highest BCUT2D eigenvalue weighted by Gasteiger charge is 2.29. The van der Waals surface area contributed by atoms with Crippen LogP contribution in [-0.4, -0.2) is 30.1 Å². The Balaban J connectivity index is 1.53. The molecule has 7 heteroatoms. The zero-order chi connectivity index (χ0) is 25.1. The molecule has 2 heterocycles. The average Bonchev–Trinajstić information content (AvgIpc) is 3.36. The predicted octanol–water partition coefficient (Wildman–Crippen LogP) is 5.79. The van der Waals surface area contributed by atoms with Gasteiger partial charge in [-0.3, -0.25) is 9.69 Å². The highest BCUT2D eigenvalue weighted by molar-refractivity contribution is 5.79. The van der Waals surface area contributed by atoms with Crippen LogP contribution < -0.4 is 5.56 Å². The first-order valence-corrected chi connectivity index (χ1v) is 13.2. The molecule has 1 saturated carbocycles. The normalized spacial score (nSPS) is 15.6. The fourth-order valence-corrected chi connectivity index (χ4v) is 5.52. The Bertz CT molecular complexity index is 1370. The van der Waals surface area contributed by atoms with Gasteiger partial charge >= 0.3 is 0 Å². The van der Waals surface area contributed by atoms with E-state index < -0.39 is 0 Å². The van der Waals surface area contributed by atoms with Gasteiger partial charge in [0.15, 0.2) is 5.82 Å². The molecule has 188 valence electrons. The number of rotatable bonds is 8. The summed E-state index contributed by atoms with van der Waals surface area (Å²) in [7, 11) is 0. The van der Waals surface area contributed by atoms with Crippen LogP contribution in [-0.2, 0) is 13.1 Å². The van der Waals surface area contributed by atoms with Gasteiger partial charge in [0, 0.05) is 24.2 Å². The summed E-state index contributed by atoms with van der Waals surface area (Å²) >= 11 is 0. The van der Waals surface area contributed by atoms with E-state index in [4.69, 9.17) is 0 Å². The SMILES string of the molecule is CC[C@H](c1nnnn1C1CCCCC1)N(Cc1ccc(C)cc1)Cc1cc2cc(C)ccc2[nH]c1=O. The van der Waals surface area contributed by atoms with Crippen LogP contribution in [0.25, 0.3) is 10.9 Å². The number of hydrogen-bond acceptors (Lipinski definition) is 5. The first kappa shape index (κ1) is 24.4. The first-order chi connectivity index (χ1) is 17.5. The molecule has 0 saturated heterocycles. The van der Waals surface area contributed by atoms with E-state index >= 15 is 0 Å². The maximum atomic E-state index is 13.1. The minimum absolute atomic E-state index is 0.00386. The number of aromatic amines is 1. The van der Waals surface area contributed by atoms with Gasteiger partial charge in [0.05, 0.1) is 12.1 Å². The zero-order valence-electron chi connectivity index (χ0n) is 21.6. The highest BCUT2D eigenvalue weighted by Crippen LogP contribution is 2.32. The number of hydrogen-bond donors (Lipinski definition) is 1. The summed E-state index contributed by atoms with van der Waals surface area (Å²) < 4.78 is 2.07. The molecule has 1 fully saturated rings. The second-order valence-electron chi connectivity index (χ2n) is 10.3. The Hall–Kier alpha value is -3.32. The molecule has 1 aliphatic carbocycles. The Labute approximate surface area is 212 Å². The number of tetrazole rings is 1. The van der Waals surface area contributed by atoms with Crippen LogP contribution in [0.2, 0.25) is 0 Å². The van der Waals surface area contributed by atoms with E-state index in [-0.39, 0.29) is 11.6 Å². The van der Waals surface area contributed by atoms with Gasteiger partial charge in [-0.1, -0.05) is 67.6 Å². The third-order valence-electron chi connectivity index (χ3n) is 7.52. The standard InChI is InChI=1S/C29H36N6O/c1-4-27(28-31-32-33-35(28)25-8-6-5-7-9-25)34(18-22-13-10-20(2)11-14-22)19-24-17-23-16-21(3)12-15-26(23)30-29(24)36/h10-17,25,27H,4-9,18-19H2,1-3H3,(H,30,36)/t27-/m1/s1. The molecule has 5 rings (SSSR count). The lowest BCUT2D eigenvalue weighted by molar-refractivity contribution is 0.155. The summed E-state index contributed by atoms with van der Waals surface area (Å²) in [5.41, 5.74) is 5.21. The van der Waals surface area contributed by atoms with E-state index in [0.717, 1.165) is 41.6 Å². The van der Waals surface area contributed by atoms with Crippen LogP contribution in [0.1, 0.15) is 85.6 Å². The van der Waals surface area contributed by atoms with Crippen LogP contribution in [0, 0.1) is 13.8 Å². The third-order valence-corrected chi connectivity index (χ3v) is 7.52. The smallest absolute Gasteiger partial charge is 0.252 e. The van der Waals surface area contributed by atoms with Gasteiger partial charge in [-0.05, 0) is 72.7 Å². The summed E-state index contributed by atoms with van der Waals surface area (Å²) in [5.74, 6) is 0.907.